The number of H-pyrrole nitrogens is 1. The van der Waals surface area contributed by atoms with Crippen LogP contribution >= 0.6 is 0 Å². The third kappa shape index (κ3) is 2.13. The van der Waals surface area contributed by atoms with Crippen molar-refractivity contribution in [3.8, 4) is 0 Å². The Morgan fingerprint density at radius 1 is 1.50 bits per heavy atom. The molecule has 1 amide bonds. The van der Waals surface area contributed by atoms with Crippen LogP contribution in [0.4, 0.5) is 11.8 Å². The third-order valence-corrected chi connectivity index (χ3v) is 3.36. The van der Waals surface area contributed by atoms with Crippen LogP contribution in [0.1, 0.15) is 13.3 Å². The van der Waals surface area contributed by atoms with E-state index in [4.69, 9.17) is 0 Å². The minimum absolute atomic E-state index is 0.0845. The largest absolute Gasteiger partial charge is 0.356 e. The molecule has 8 nitrogen and oxygen atoms in total. The average Bonchev–Trinajstić information content (AvgIpc) is 3.01. The molecule has 1 saturated heterocycles. The fourth-order valence-corrected chi connectivity index (χ4v) is 2.30. The zero-order valence-electron chi connectivity index (χ0n) is 11.5. The number of carbonyl (C=O) groups excluding carboxylic acids is 1. The Hall–Kier alpha value is -2.38. The van der Waals surface area contributed by atoms with Gasteiger partial charge in [-0.1, -0.05) is 0 Å². The highest BCUT2D eigenvalue weighted by Crippen LogP contribution is 2.22. The summed E-state index contributed by atoms with van der Waals surface area (Å²) in [6, 6.07) is -0.240. The monoisotopic (exact) mass is 275 g/mol. The number of likely N-dealkylation sites (N-methyl/N-ethyl adjacent to an activating group) is 1. The molecule has 1 fully saturated rings. The maximum atomic E-state index is 12.0. The molecular formula is C12H17N7O. The summed E-state index contributed by atoms with van der Waals surface area (Å²) in [6.45, 7) is 3.45. The highest BCUT2D eigenvalue weighted by Gasteiger charge is 2.29. The average molecular weight is 275 g/mol. The first-order valence-electron chi connectivity index (χ1n) is 6.65. The van der Waals surface area contributed by atoms with Gasteiger partial charge in [-0.3, -0.25) is 4.79 Å². The minimum Gasteiger partial charge on any atom is -0.356 e. The number of likely N-dealkylation sites (tertiary alicyclic amines) is 1. The summed E-state index contributed by atoms with van der Waals surface area (Å²) in [5.74, 6) is 1.20. The normalized spacial score (nSPS) is 18.8. The van der Waals surface area contributed by atoms with Gasteiger partial charge in [0.2, 0.25) is 11.9 Å². The molecule has 2 aromatic heterocycles. The molecule has 1 atom stereocenters. The number of amides is 1. The van der Waals surface area contributed by atoms with E-state index in [0.29, 0.717) is 22.9 Å². The Morgan fingerprint density at radius 3 is 3.05 bits per heavy atom. The van der Waals surface area contributed by atoms with Crippen molar-refractivity contribution >= 4 is 28.8 Å². The van der Waals surface area contributed by atoms with Gasteiger partial charge in [0, 0.05) is 20.1 Å². The number of anilines is 2. The lowest BCUT2D eigenvalue weighted by molar-refractivity contribution is -0.127. The first-order valence-corrected chi connectivity index (χ1v) is 6.65. The van der Waals surface area contributed by atoms with Gasteiger partial charge in [-0.05, 0) is 13.3 Å². The molecule has 0 saturated carbocycles. The molecule has 0 bridgehead atoms. The molecule has 2 aromatic rings. The fraction of sp³-hybridized carbons (Fsp3) is 0.500. The number of rotatable bonds is 4. The summed E-state index contributed by atoms with van der Waals surface area (Å²) in [5.41, 5.74) is 1.30. The van der Waals surface area contributed by atoms with Crippen LogP contribution in [0.5, 0.6) is 0 Å². The predicted octanol–water partition coefficient (Wildman–Crippen LogP) is 0.427. The lowest BCUT2D eigenvalue weighted by atomic mass is 10.2. The molecular weight excluding hydrogens is 258 g/mol. The second kappa shape index (κ2) is 4.95. The van der Waals surface area contributed by atoms with Gasteiger partial charge < -0.3 is 20.5 Å². The Kier molecular flexibility index (Phi) is 3.13. The zero-order chi connectivity index (χ0) is 14.1. The van der Waals surface area contributed by atoms with Crippen LogP contribution in [-0.4, -0.2) is 56.9 Å². The fourth-order valence-electron chi connectivity index (χ4n) is 2.30. The van der Waals surface area contributed by atoms with Crippen LogP contribution in [0, 0.1) is 0 Å². The van der Waals surface area contributed by atoms with E-state index in [1.54, 1.807) is 18.3 Å². The van der Waals surface area contributed by atoms with E-state index in [0.717, 1.165) is 19.5 Å². The molecule has 106 valence electrons. The quantitative estimate of drug-likeness (QED) is 0.748. The molecule has 1 unspecified atom stereocenters. The minimum atomic E-state index is -0.240. The number of nitrogens with zero attached hydrogens (tertiary/aromatic N) is 4. The van der Waals surface area contributed by atoms with Crippen LogP contribution in [0.3, 0.4) is 0 Å². The van der Waals surface area contributed by atoms with Gasteiger partial charge in [-0.15, -0.1) is 0 Å². The maximum Gasteiger partial charge on any atom is 0.244 e. The lowest BCUT2D eigenvalue weighted by Crippen LogP contribution is -2.31. The molecule has 0 radical (unpaired) electrons. The van der Waals surface area contributed by atoms with Crippen molar-refractivity contribution in [1.29, 1.82) is 0 Å². The van der Waals surface area contributed by atoms with Gasteiger partial charge in [0.25, 0.3) is 0 Å². The van der Waals surface area contributed by atoms with E-state index < -0.39 is 0 Å². The van der Waals surface area contributed by atoms with Crippen molar-refractivity contribution in [3.63, 3.8) is 0 Å². The second-order valence-electron chi connectivity index (χ2n) is 4.77. The molecule has 0 aliphatic carbocycles. The van der Waals surface area contributed by atoms with E-state index in [9.17, 15) is 4.79 Å². The number of hydrogen-bond donors (Lipinski definition) is 3. The van der Waals surface area contributed by atoms with Crippen LogP contribution in [0.25, 0.3) is 11.2 Å². The van der Waals surface area contributed by atoms with Crippen LogP contribution in [0.2, 0.25) is 0 Å². The van der Waals surface area contributed by atoms with E-state index >= 15 is 0 Å². The molecule has 0 spiro atoms. The van der Waals surface area contributed by atoms with Crippen LogP contribution < -0.4 is 10.6 Å². The maximum absolute atomic E-state index is 12.0. The van der Waals surface area contributed by atoms with Crippen molar-refractivity contribution in [2.24, 2.45) is 0 Å². The summed E-state index contributed by atoms with van der Waals surface area (Å²) >= 11 is 0. The Morgan fingerprint density at radius 2 is 2.35 bits per heavy atom. The van der Waals surface area contributed by atoms with Crippen LogP contribution in [0.15, 0.2) is 6.33 Å². The first-order chi connectivity index (χ1) is 9.69. The lowest BCUT2D eigenvalue weighted by Gasteiger charge is -2.14. The number of imidazole rings is 1. The Labute approximate surface area is 116 Å². The number of aromatic nitrogens is 4. The van der Waals surface area contributed by atoms with Gasteiger partial charge in [-0.2, -0.15) is 9.97 Å². The molecule has 1 aliphatic rings. The number of hydrogen-bond acceptors (Lipinski definition) is 6. The van der Waals surface area contributed by atoms with E-state index in [2.05, 4.69) is 30.6 Å². The van der Waals surface area contributed by atoms with E-state index in [-0.39, 0.29) is 11.9 Å². The van der Waals surface area contributed by atoms with Crippen molar-refractivity contribution in [2.45, 2.75) is 19.4 Å². The predicted molar refractivity (Wildman–Crippen MR) is 75.5 cm³/mol. The van der Waals surface area contributed by atoms with Crippen LogP contribution in [-0.2, 0) is 4.79 Å². The van der Waals surface area contributed by atoms with Gasteiger partial charge in [0.1, 0.15) is 11.6 Å². The second-order valence-corrected chi connectivity index (χ2v) is 4.77. The van der Waals surface area contributed by atoms with Gasteiger partial charge in [-0.25, -0.2) is 4.98 Å². The first kappa shape index (κ1) is 12.6. The number of aromatic amines is 1. The number of nitrogens with one attached hydrogen (secondary N) is 3. The summed E-state index contributed by atoms with van der Waals surface area (Å²) in [5, 5.41) is 6.26. The summed E-state index contributed by atoms with van der Waals surface area (Å²) in [4.78, 5) is 29.5. The van der Waals surface area contributed by atoms with Crippen molar-refractivity contribution in [2.75, 3.05) is 30.8 Å². The van der Waals surface area contributed by atoms with Crippen molar-refractivity contribution < 1.29 is 4.79 Å². The molecule has 3 N–H and O–H groups in total. The summed E-state index contributed by atoms with van der Waals surface area (Å²) in [7, 11) is 1.81. The smallest absolute Gasteiger partial charge is 0.244 e. The topological polar surface area (TPSA) is 98.8 Å². The van der Waals surface area contributed by atoms with Gasteiger partial charge in [0.15, 0.2) is 11.5 Å². The van der Waals surface area contributed by atoms with Gasteiger partial charge in [0.05, 0.1) is 6.33 Å². The SMILES string of the molecule is CCNc1nc(NC2CCN(C)C2=O)c2[nH]cnc2n1. The van der Waals surface area contributed by atoms with Gasteiger partial charge >= 0.3 is 0 Å². The van der Waals surface area contributed by atoms with E-state index in [1.807, 2.05) is 6.92 Å². The van der Waals surface area contributed by atoms with Crippen molar-refractivity contribution in [3.05, 3.63) is 6.33 Å². The zero-order valence-corrected chi connectivity index (χ0v) is 11.5. The molecule has 3 heterocycles. The highest BCUT2D eigenvalue weighted by atomic mass is 16.2. The molecule has 8 heteroatoms. The highest BCUT2D eigenvalue weighted by molar-refractivity contribution is 5.90. The Bertz CT molecular complexity index is 638. The molecule has 0 aromatic carbocycles. The summed E-state index contributed by atoms with van der Waals surface area (Å²) < 4.78 is 0. The summed E-state index contributed by atoms with van der Waals surface area (Å²) in [6.07, 6.45) is 2.34. The number of fused-ring (bicyclic) bond motifs is 1. The van der Waals surface area contributed by atoms with E-state index in [1.165, 1.54) is 0 Å². The molecule has 3 rings (SSSR count). The van der Waals surface area contributed by atoms with Crippen molar-refractivity contribution in [1.82, 2.24) is 24.8 Å². The Balaban J connectivity index is 1.93. The standard InChI is InChI=1S/C12H17N7O/c1-3-13-12-17-9-8(14-6-15-9)10(18-12)16-7-4-5-19(2)11(7)20/h6-7H,3-5H2,1-2H3,(H3,13,14,15,16,17,18). The third-order valence-electron chi connectivity index (χ3n) is 3.36. The number of carbonyl (C=O) groups is 1. The molecule has 1 aliphatic heterocycles. The molecule has 20 heavy (non-hydrogen) atoms.